The topological polar surface area (TPSA) is 77.1 Å². The third kappa shape index (κ3) is 4.42. The van der Waals surface area contributed by atoms with Crippen molar-refractivity contribution >= 4 is 68.4 Å². The lowest BCUT2D eigenvalue weighted by Crippen LogP contribution is -2.24. The number of amides is 1. The minimum atomic E-state index is -0.266. The highest BCUT2D eigenvalue weighted by molar-refractivity contribution is 7.99. The molecular formula is C24H18ClN3O3S2. The van der Waals surface area contributed by atoms with E-state index in [9.17, 15) is 9.59 Å². The van der Waals surface area contributed by atoms with Crippen LogP contribution >= 0.6 is 34.7 Å². The van der Waals surface area contributed by atoms with Crippen LogP contribution in [0.3, 0.4) is 0 Å². The van der Waals surface area contributed by atoms with Crippen LogP contribution in [-0.2, 0) is 11.3 Å². The molecule has 5 aromatic rings. The second kappa shape index (κ2) is 9.05. The first-order valence-electron chi connectivity index (χ1n) is 10.1. The number of nitrogens with zero attached hydrogens (tertiary/aromatic N) is 2. The fourth-order valence-corrected chi connectivity index (χ4v) is 5.16. The largest absolute Gasteiger partial charge is 0.448 e. The van der Waals surface area contributed by atoms with Crippen molar-refractivity contribution in [3.63, 3.8) is 0 Å². The second-order valence-corrected chi connectivity index (χ2v) is 9.85. The number of fused-ring (bicyclic) bond motifs is 3. The number of nitrogens with one attached hydrogen (secondary N) is 1. The van der Waals surface area contributed by atoms with E-state index in [4.69, 9.17) is 21.0 Å². The number of benzene rings is 2. The molecule has 1 amide bonds. The number of rotatable bonds is 6. The Hall–Kier alpha value is -3.07. The average Bonchev–Trinajstić information content (AvgIpc) is 3.45. The molecule has 1 N–H and O–H groups in total. The molecule has 0 saturated heterocycles. The zero-order valence-electron chi connectivity index (χ0n) is 17.5. The van der Waals surface area contributed by atoms with Crippen LogP contribution in [0.25, 0.3) is 22.1 Å². The van der Waals surface area contributed by atoms with Crippen LogP contribution in [0, 0.1) is 6.92 Å². The summed E-state index contributed by atoms with van der Waals surface area (Å²) in [7, 11) is 0. The molecular weight excluding hydrogens is 478 g/mol. The molecule has 0 aliphatic heterocycles. The quantitative estimate of drug-likeness (QED) is 0.233. The van der Waals surface area contributed by atoms with Crippen molar-refractivity contribution in [1.29, 1.82) is 0 Å². The van der Waals surface area contributed by atoms with Crippen LogP contribution in [0.4, 0.5) is 5.69 Å². The van der Waals surface area contributed by atoms with Gasteiger partial charge in [-0.15, -0.1) is 11.3 Å². The lowest BCUT2D eigenvalue weighted by molar-refractivity contribution is -0.113. The van der Waals surface area contributed by atoms with E-state index in [0.717, 1.165) is 15.8 Å². The summed E-state index contributed by atoms with van der Waals surface area (Å²) in [5, 5.41) is 6.63. The van der Waals surface area contributed by atoms with Gasteiger partial charge in [0.2, 0.25) is 11.5 Å². The first-order valence-corrected chi connectivity index (χ1v) is 12.4. The van der Waals surface area contributed by atoms with Gasteiger partial charge in [0, 0.05) is 21.0 Å². The van der Waals surface area contributed by atoms with Gasteiger partial charge in [-0.1, -0.05) is 47.6 Å². The van der Waals surface area contributed by atoms with Crippen LogP contribution in [0.1, 0.15) is 10.4 Å². The van der Waals surface area contributed by atoms with Gasteiger partial charge in [-0.3, -0.25) is 14.2 Å². The minimum Gasteiger partial charge on any atom is -0.448 e. The Kier molecular flexibility index (Phi) is 5.97. The number of carbonyl (C=O) groups is 1. The van der Waals surface area contributed by atoms with Crippen molar-refractivity contribution in [2.75, 3.05) is 11.1 Å². The number of furan rings is 1. The third-order valence-electron chi connectivity index (χ3n) is 5.15. The Balaban J connectivity index is 1.50. The summed E-state index contributed by atoms with van der Waals surface area (Å²) in [4.78, 5) is 31.8. The van der Waals surface area contributed by atoms with Crippen molar-refractivity contribution in [3.8, 4) is 0 Å². The van der Waals surface area contributed by atoms with Gasteiger partial charge in [0.15, 0.2) is 5.16 Å². The Morgan fingerprint density at radius 3 is 2.88 bits per heavy atom. The molecule has 166 valence electrons. The number of para-hydroxylation sites is 1. The van der Waals surface area contributed by atoms with Crippen molar-refractivity contribution in [3.05, 3.63) is 85.8 Å². The van der Waals surface area contributed by atoms with Crippen LogP contribution in [0.15, 0.2) is 74.3 Å². The Morgan fingerprint density at radius 1 is 1.21 bits per heavy atom. The van der Waals surface area contributed by atoms with E-state index in [2.05, 4.69) is 5.32 Å². The number of carbonyl (C=O) groups excluding carboxylic acids is 1. The maximum Gasteiger partial charge on any atom is 0.298 e. The maximum absolute atomic E-state index is 13.4. The normalized spacial score (nSPS) is 11.3. The molecule has 0 aliphatic rings. The molecule has 6 nitrogen and oxygen atoms in total. The number of hydrogen-bond acceptors (Lipinski definition) is 6. The Labute approximate surface area is 202 Å². The molecule has 0 bridgehead atoms. The molecule has 0 spiro atoms. The zero-order chi connectivity index (χ0) is 22.9. The fourth-order valence-electron chi connectivity index (χ4n) is 3.51. The fraction of sp³-hybridized carbons (Fsp3) is 0.125. The summed E-state index contributed by atoms with van der Waals surface area (Å²) in [5.41, 5.74) is 2.64. The molecule has 0 fully saturated rings. The number of halogens is 1. The van der Waals surface area contributed by atoms with Crippen LogP contribution in [-0.4, -0.2) is 21.2 Å². The third-order valence-corrected chi connectivity index (χ3v) is 7.22. The molecule has 0 radical (unpaired) electrons. The Bertz CT molecular complexity index is 1540. The molecule has 0 unspecified atom stereocenters. The standard InChI is InChI=1S/C24H18ClN3O3S2/c1-14-8-9-15(25)11-18(14)26-20(29)13-33-24-27-21-17-6-2-3-7-19(17)31-22(21)23(30)28(24)12-16-5-4-10-32-16/h2-11H,12-13H2,1H3,(H,26,29). The van der Waals surface area contributed by atoms with Gasteiger partial charge in [-0.25, -0.2) is 4.98 Å². The molecule has 0 atom stereocenters. The molecule has 0 saturated carbocycles. The number of aromatic nitrogens is 2. The summed E-state index contributed by atoms with van der Waals surface area (Å²) in [6.07, 6.45) is 0. The van der Waals surface area contributed by atoms with Crippen LogP contribution < -0.4 is 10.9 Å². The predicted octanol–water partition coefficient (Wildman–Crippen LogP) is 5.95. The first kappa shape index (κ1) is 21.8. The van der Waals surface area contributed by atoms with Gasteiger partial charge >= 0.3 is 0 Å². The first-order chi connectivity index (χ1) is 16.0. The van der Waals surface area contributed by atoms with Crippen molar-refractivity contribution in [1.82, 2.24) is 9.55 Å². The summed E-state index contributed by atoms with van der Waals surface area (Å²) in [5.74, 6) is -0.121. The summed E-state index contributed by atoms with van der Waals surface area (Å²) >= 11 is 8.83. The van der Waals surface area contributed by atoms with Gasteiger partial charge in [0.25, 0.3) is 5.56 Å². The average molecular weight is 496 g/mol. The monoisotopic (exact) mass is 495 g/mol. The van der Waals surface area contributed by atoms with E-state index < -0.39 is 0 Å². The smallest absolute Gasteiger partial charge is 0.298 e. The van der Waals surface area contributed by atoms with Gasteiger partial charge in [0.05, 0.1) is 12.3 Å². The van der Waals surface area contributed by atoms with Gasteiger partial charge in [0.1, 0.15) is 11.1 Å². The van der Waals surface area contributed by atoms with E-state index in [1.165, 1.54) is 11.8 Å². The number of anilines is 1. The number of hydrogen-bond donors (Lipinski definition) is 1. The zero-order valence-corrected chi connectivity index (χ0v) is 19.9. The van der Waals surface area contributed by atoms with Crippen LogP contribution in [0.5, 0.6) is 0 Å². The van der Waals surface area contributed by atoms with Crippen molar-refractivity contribution < 1.29 is 9.21 Å². The molecule has 5 rings (SSSR count). The molecule has 3 aromatic heterocycles. The minimum absolute atomic E-state index is 0.0874. The maximum atomic E-state index is 13.4. The summed E-state index contributed by atoms with van der Waals surface area (Å²) < 4.78 is 7.40. The Morgan fingerprint density at radius 2 is 2.06 bits per heavy atom. The summed E-state index contributed by atoms with van der Waals surface area (Å²) in [6.45, 7) is 2.26. The highest BCUT2D eigenvalue weighted by Gasteiger charge is 2.19. The van der Waals surface area contributed by atoms with Gasteiger partial charge < -0.3 is 9.73 Å². The van der Waals surface area contributed by atoms with E-state index in [-0.39, 0.29) is 22.8 Å². The molecule has 0 aliphatic carbocycles. The van der Waals surface area contributed by atoms with Crippen molar-refractivity contribution in [2.45, 2.75) is 18.6 Å². The van der Waals surface area contributed by atoms with E-state index in [1.54, 1.807) is 28.0 Å². The molecule has 9 heteroatoms. The highest BCUT2D eigenvalue weighted by Crippen LogP contribution is 2.28. The number of aryl methyl sites for hydroxylation is 1. The van der Waals surface area contributed by atoms with E-state index >= 15 is 0 Å². The predicted molar refractivity (Wildman–Crippen MR) is 135 cm³/mol. The van der Waals surface area contributed by atoms with E-state index in [1.807, 2.05) is 54.8 Å². The SMILES string of the molecule is Cc1ccc(Cl)cc1NC(=O)CSc1nc2c(oc3ccccc32)c(=O)n1Cc1cccs1. The highest BCUT2D eigenvalue weighted by atomic mass is 35.5. The molecule has 2 aromatic carbocycles. The van der Waals surface area contributed by atoms with Crippen LogP contribution in [0.2, 0.25) is 5.02 Å². The van der Waals surface area contributed by atoms with Gasteiger partial charge in [-0.05, 0) is 48.2 Å². The second-order valence-electron chi connectivity index (χ2n) is 7.44. The van der Waals surface area contributed by atoms with E-state index in [0.29, 0.717) is 33.5 Å². The summed E-state index contributed by atoms with van der Waals surface area (Å²) in [6, 6.07) is 16.7. The number of thiophene rings is 1. The van der Waals surface area contributed by atoms with Gasteiger partial charge in [-0.2, -0.15) is 0 Å². The number of thioether (sulfide) groups is 1. The molecule has 3 heterocycles. The lowest BCUT2D eigenvalue weighted by atomic mass is 10.2. The molecule has 33 heavy (non-hydrogen) atoms. The van der Waals surface area contributed by atoms with Crippen molar-refractivity contribution in [2.24, 2.45) is 0 Å². The lowest BCUT2D eigenvalue weighted by Gasteiger charge is -2.12.